The Labute approximate surface area is 95.4 Å². The molecule has 1 heteroatoms. The Bertz CT molecular complexity index is 256. The van der Waals surface area contributed by atoms with Gasteiger partial charge in [-0.25, -0.2) is 0 Å². The van der Waals surface area contributed by atoms with Crippen molar-refractivity contribution in [3.8, 4) is 0 Å². The molecule has 0 aliphatic heterocycles. The second kappa shape index (κ2) is 4.87. The van der Waals surface area contributed by atoms with E-state index in [0.29, 0.717) is 0 Å². The van der Waals surface area contributed by atoms with Crippen LogP contribution in [0.15, 0.2) is 23.4 Å². The molecule has 0 aliphatic rings. The van der Waals surface area contributed by atoms with E-state index in [1.54, 1.807) is 6.20 Å². The van der Waals surface area contributed by atoms with E-state index >= 15 is 0 Å². The second-order valence-electron chi connectivity index (χ2n) is 6.15. The molecule has 0 atom stereocenters. The summed E-state index contributed by atoms with van der Waals surface area (Å²) >= 11 is 0. The van der Waals surface area contributed by atoms with Crippen molar-refractivity contribution in [3.63, 3.8) is 0 Å². The molecule has 2 N–H and O–H groups in total. The SMILES string of the molecule is CC/C(=C\C(=C/N)C(C)(C)C)C(C)(C)C. The Morgan fingerprint density at radius 1 is 1.00 bits per heavy atom. The van der Waals surface area contributed by atoms with Gasteiger partial charge in [-0.1, -0.05) is 60.1 Å². The summed E-state index contributed by atoms with van der Waals surface area (Å²) in [6.07, 6.45) is 5.08. The van der Waals surface area contributed by atoms with E-state index in [9.17, 15) is 0 Å². The van der Waals surface area contributed by atoms with Gasteiger partial charge in [0.05, 0.1) is 0 Å². The molecule has 0 spiro atoms. The van der Waals surface area contributed by atoms with Crippen molar-refractivity contribution >= 4 is 0 Å². The molecule has 0 saturated carbocycles. The van der Waals surface area contributed by atoms with E-state index in [-0.39, 0.29) is 10.8 Å². The van der Waals surface area contributed by atoms with E-state index in [2.05, 4.69) is 54.5 Å². The topological polar surface area (TPSA) is 26.0 Å². The first-order valence-electron chi connectivity index (χ1n) is 5.76. The molecule has 0 unspecified atom stereocenters. The number of hydrogen-bond donors (Lipinski definition) is 1. The van der Waals surface area contributed by atoms with Gasteiger partial charge < -0.3 is 5.73 Å². The van der Waals surface area contributed by atoms with Crippen LogP contribution in [-0.4, -0.2) is 0 Å². The van der Waals surface area contributed by atoms with Crippen molar-refractivity contribution in [1.82, 2.24) is 0 Å². The minimum Gasteiger partial charge on any atom is -0.404 e. The Kier molecular flexibility index (Phi) is 4.64. The third kappa shape index (κ3) is 4.55. The third-order valence-corrected chi connectivity index (χ3v) is 2.72. The predicted octanol–water partition coefficient (Wildman–Crippen LogP) is 4.26. The zero-order valence-corrected chi connectivity index (χ0v) is 11.4. The highest BCUT2D eigenvalue weighted by Gasteiger charge is 2.19. The van der Waals surface area contributed by atoms with Gasteiger partial charge in [0.15, 0.2) is 0 Å². The Morgan fingerprint density at radius 3 is 1.67 bits per heavy atom. The van der Waals surface area contributed by atoms with Crippen molar-refractivity contribution in [2.45, 2.75) is 54.9 Å². The molecule has 0 radical (unpaired) electrons. The van der Waals surface area contributed by atoms with Gasteiger partial charge in [0.25, 0.3) is 0 Å². The maximum absolute atomic E-state index is 5.70. The maximum Gasteiger partial charge on any atom is -0.00243 e. The molecule has 0 aromatic heterocycles. The first-order valence-corrected chi connectivity index (χ1v) is 5.76. The molecule has 0 aromatic rings. The number of allylic oxidation sites excluding steroid dienone is 3. The zero-order chi connectivity index (χ0) is 12.3. The molecule has 88 valence electrons. The molecule has 0 saturated heterocycles. The highest BCUT2D eigenvalue weighted by molar-refractivity contribution is 5.30. The molecule has 0 fully saturated rings. The Balaban J connectivity index is 5.17. The van der Waals surface area contributed by atoms with Crippen LogP contribution in [0.3, 0.4) is 0 Å². The van der Waals surface area contributed by atoms with Crippen LogP contribution >= 0.6 is 0 Å². The van der Waals surface area contributed by atoms with Crippen molar-refractivity contribution < 1.29 is 0 Å². The Hall–Kier alpha value is -0.720. The third-order valence-electron chi connectivity index (χ3n) is 2.72. The quantitative estimate of drug-likeness (QED) is 0.676. The van der Waals surface area contributed by atoms with Crippen LogP contribution < -0.4 is 5.73 Å². The van der Waals surface area contributed by atoms with Gasteiger partial charge in [-0.3, -0.25) is 0 Å². The van der Waals surface area contributed by atoms with Crippen LogP contribution in [0.4, 0.5) is 0 Å². The number of rotatable bonds is 2. The van der Waals surface area contributed by atoms with Crippen LogP contribution in [0.1, 0.15) is 54.9 Å². The monoisotopic (exact) mass is 209 g/mol. The van der Waals surface area contributed by atoms with Gasteiger partial charge in [-0.05, 0) is 29.0 Å². The van der Waals surface area contributed by atoms with Crippen molar-refractivity contribution in [2.24, 2.45) is 16.6 Å². The standard InChI is InChI=1S/C14H27N/c1-8-11(13(2,3)4)9-12(10-15)14(5,6)7/h9-10H,8,15H2,1-7H3/b11-9+,12-10+. The molecule has 1 nitrogen and oxygen atoms in total. The average Bonchev–Trinajstić information content (AvgIpc) is 2.01. The largest absolute Gasteiger partial charge is 0.404 e. The minimum atomic E-state index is 0.125. The van der Waals surface area contributed by atoms with Gasteiger partial charge in [-0.2, -0.15) is 0 Å². The molecular formula is C14H27N. The summed E-state index contributed by atoms with van der Waals surface area (Å²) in [5.74, 6) is 0. The van der Waals surface area contributed by atoms with Crippen molar-refractivity contribution in [3.05, 3.63) is 23.4 Å². The van der Waals surface area contributed by atoms with E-state index in [1.165, 1.54) is 11.1 Å². The molecule has 0 rings (SSSR count). The first-order chi connectivity index (χ1) is 6.62. The molecule has 0 amide bonds. The lowest BCUT2D eigenvalue weighted by Crippen LogP contribution is -2.14. The highest BCUT2D eigenvalue weighted by Crippen LogP contribution is 2.33. The summed E-state index contributed by atoms with van der Waals surface area (Å²) in [5, 5.41) is 0. The van der Waals surface area contributed by atoms with Gasteiger partial charge in [0.1, 0.15) is 0 Å². The summed E-state index contributed by atoms with van der Waals surface area (Å²) < 4.78 is 0. The molecule has 0 aliphatic carbocycles. The summed E-state index contributed by atoms with van der Waals surface area (Å²) in [4.78, 5) is 0. The van der Waals surface area contributed by atoms with Gasteiger partial charge >= 0.3 is 0 Å². The number of nitrogens with two attached hydrogens (primary N) is 1. The normalized spacial score (nSPS) is 15.7. The first kappa shape index (κ1) is 14.3. The smallest absolute Gasteiger partial charge is 0.00243 e. The van der Waals surface area contributed by atoms with E-state index < -0.39 is 0 Å². The fourth-order valence-corrected chi connectivity index (χ4v) is 1.55. The molecule has 0 aromatic carbocycles. The summed E-state index contributed by atoms with van der Waals surface area (Å²) in [6, 6.07) is 0. The van der Waals surface area contributed by atoms with Crippen LogP contribution in [-0.2, 0) is 0 Å². The van der Waals surface area contributed by atoms with Crippen molar-refractivity contribution in [2.75, 3.05) is 0 Å². The minimum absolute atomic E-state index is 0.125. The fraction of sp³-hybridized carbons (Fsp3) is 0.714. The van der Waals surface area contributed by atoms with Crippen LogP contribution in [0.25, 0.3) is 0 Å². The highest BCUT2D eigenvalue weighted by atomic mass is 14.5. The Morgan fingerprint density at radius 2 is 1.47 bits per heavy atom. The lowest BCUT2D eigenvalue weighted by atomic mass is 9.79. The van der Waals surface area contributed by atoms with Crippen LogP contribution in [0, 0.1) is 10.8 Å². The lowest BCUT2D eigenvalue weighted by Gasteiger charge is -2.26. The molecular weight excluding hydrogens is 182 g/mol. The predicted molar refractivity (Wildman–Crippen MR) is 69.6 cm³/mol. The molecule has 0 heterocycles. The van der Waals surface area contributed by atoms with Crippen molar-refractivity contribution in [1.29, 1.82) is 0 Å². The summed E-state index contributed by atoms with van der Waals surface area (Å²) in [5.41, 5.74) is 8.72. The molecule has 0 bridgehead atoms. The average molecular weight is 209 g/mol. The number of hydrogen-bond acceptors (Lipinski definition) is 1. The van der Waals surface area contributed by atoms with Gasteiger partial charge in [0.2, 0.25) is 0 Å². The summed E-state index contributed by atoms with van der Waals surface area (Å²) in [6.45, 7) is 15.5. The van der Waals surface area contributed by atoms with Gasteiger partial charge in [0, 0.05) is 0 Å². The second-order valence-corrected chi connectivity index (χ2v) is 6.15. The zero-order valence-electron chi connectivity index (χ0n) is 11.4. The van der Waals surface area contributed by atoms with Crippen LogP contribution in [0.2, 0.25) is 0 Å². The summed E-state index contributed by atoms with van der Waals surface area (Å²) in [7, 11) is 0. The lowest BCUT2D eigenvalue weighted by molar-refractivity contribution is 0.477. The maximum atomic E-state index is 5.70. The van der Waals surface area contributed by atoms with E-state index in [1.807, 2.05) is 0 Å². The molecule has 15 heavy (non-hydrogen) atoms. The van der Waals surface area contributed by atoms with E-state index in [4.69, 9.17) is 5.73 Å². The van der Waals surface area contributed by atoms with E-state index in [0.717, 1.165) is 6.42 Å². The van der Waals surface area contributed by atoms with Crippen LogP contribution in [0.5, 0.6) is 0 Å². The van der Waals surface area contributed by atoms with Gasteiger partial charge in [-0.15, -0.1) is 0 Å². The fourth-order valence-electron chi connectivity index (χ4n) is 1.55.